The first-order valence-corrected chi connectivity index (χ1v) is 8.65. The number of aromatic carboxylic acids is 1. The van der Waals surface area contributed by atoms with Gasteiger partial charge in [0.1, 0.15) is 0 Å². The minimum atomic E-state index is -1.12. The lowest BCUT2D eigenvalue weighted by molar-refractivity contribution is -0.142. The highest BCUT2D eigenvalue weighted by Crippen LogP contribution is 2.37. The van der Waals surface area contributed by atoms with Crippen LogP contribution in [0.2, 0.25) is 5.02 Å². The van der Waals surface area contributed by atoms with E-state index in [9.17, 15) is 19.5 Å². The highest BCUT2D eigenvalue weighted by Gasteiger charge is 2.31. The maximum atomic E-state index is 12.6. The molecule has 1 aliphatic carbocycles. The lowest BCUT2D eigenvalue weighted by atomic mass is 9.89. The number of aromatic nitrogens is 1. The summed E-state index contributed by atoms with van der Waals surface area (Å²) in [6.45, 7) is 1.91. The van der Waals surface area contributed by atoms with Crippen LogP contribution in [-0.4, -0.2) is 28.2 Å². The molecule has 0 saturated carbocycles. The Labute approximate surface area is 155 Å². The normalized spacial score (nSPS) is 12.3. The van der Waals surface area contributed by atoms with Crippen molar-refractivity contribution in [1.29, 1.82) is 0 Å². The van der Waals surface area contributed by atoms with Gasteiger partial charge in [-0.3, -0.25) is 9.59 Å². The Morgan fingerprint density at radius 3 is 2.69 bits per heavy atom. The van der Waals surface area contributed by atoms with E-state index in [1.165, 1.54) is 12.1 Å². The molecule has 136 valence electrons. The monoisotopic (exact) mass is 375 g/mol. The van der Waals surface area contributed by atoms with Gasteiger partial charge in [-0.15, -0.1) is 0 Å². The number of aryl methyl sites for hydroxylation is 1. The van der Waals surface area contributed by atoms with Crippen molar-refractivity contribution in [2.24, 2.45) is 7.05 Å². The third-order valence-electron chi connectivity index (χ3n) is 4.60. The minimum absolute atomic E-state index is 0.0817. The molecule has 0 fully saturated rings. The van der Waals surface area contributed by atoms with Crippen molar-refractivity contribution in [1.82, 2.24) is 4.57 Å². The number of fused-ring (bicyclic) bond motifs is 3. The average molecular weight is 376 g/mol. The van der Waals surface area contributed by atoms with Crippen LogP contribution in [0.1, 0.15) is 34.1 Å². The molecule has 0 bridgehead atoms. The number of esters is 1. The Bertz CT molecular complexity index is 977. The summed E-state index contributed by atoms with van der Waals surface area (Å²) < 4.78 is 6.60. The van der Waals surface area contributed by atoms with E-state index in [0.717, 1.165) is 5.56 Å². The highest BCUT2D eigenvalue weighted by atomic mass is 35.5. The largest absolute Gasteiger partial charge is 0.478 e. The number of hydrogen-bond acceptors (Lipinski definition) is 4. The van der Waals surface area contributed by atoms with Crippen molar-refractivity contribution >= 4 is 23.5 Å². The maximum absolute atomic E-state index is 12.6. The van der Waals surface area contributed by atoms with Gasteiger partial charge in [0.2, 0.25) is 0 Å². The quantitative estimate of drug-likeness (QED) is 0.830. The van der Waals surface area contributed by atoms with Gasteiger partial charge in [-0.25, -0.2) is 4.79 Å². The fourth-order valence-corrected chi connectivity index (χ4v) is 3.77. The van der Waals surface area contributed by atoms with Crippen LogP contribution in [0.4, 0.5) is 0 Å². The second-order valence-corrected chi connectivity index (χ2v) is 6.56. The summed E-state index contributed by atoms with van der Waals surface area (Å²) in [5.74, 6) is -1.62. The molecule has 0 aliphatic heterocycles. The standard InChI is InChI=1S/C19H18ClNO5/c1-3-26-15(23)9-13-17(19(24)25)12-6-4-10-8-11(20)5-7-14(22)16(10)18(12)21(13)2/h5,7-8H,3-4,6,9H2,1-2H3,(H,24,25). The predicted molar refractivity (Wildman–Crippen MR) is 96.8 cm³/mol. The second kappa shape index (κ2) is 6.96. The number of carbonyl (C=O) groups is 2. The average Bonchev–Trinajstić information content (AvgIpc) is 2.75. The van der Waals surface area contributed by atoms with E-state index in [2.05, 4.69) is 0 Å². The van der Waals surface area contributed by atoms with Crippen LogP contribution in [0, 0.1) is 0 Å². The summed E-state index contributed by atoms with van der Waals surface area (Å²) in [7, 11) is 1.67. The first-order valence-electron chi connectivity index (χ1n) is 8.27. The van der Waals surface area contributed by atoms with Gasteiger partial charge in [0.05, 0.1) is 24.3 Å². The fourth-order valence-electron chi connectivity index (χ4n) is 3.58. The molecule has 1 aliphatic rings. The molecule has 26 heavy (non-hydrogen) atoms. The van der Waals surface area contributed by atoms with Crippen LogP contribution in [0.5, 0.6) is 0 Å². The van der Waals surface area contributed by atoms with E-state index in [1.807, 2.05) is 0 Å². The lowest BCUT2D eigenvalue weighted by Gasteiger charge is -2.16. The van der Waals surface area contributed by atoms with Gasteiger partial charge >= 0.3 is 11.9 Å². The van der Waals surface area contributed by atoms with Crippen LogP contribution < -0.4 is 5.43 Å². The first-order chi connectivity index (χ1) is 12.3. The van der Waals surface area contributed by atoms with Gasteiger partial charge in [-0.1, -0.05) is 11.6 Å². The third-order valence-corrected chi connectivity index (χ3v) is 4.84. The van der Waals surface area contributed by atoms with Crippen molar-refractivity contribution in [2.75, 3.05) is 6.61 Å². The number of ether oxygens (including phenoxy) is 1. The molecular weight excluding hydrogens is 358 g/mol. The van der Waals surface area contributed by atoms with Crippen molar-refractivity contribution in [2.45, 2.75) is 26.2 Å². The molecule has 6 nitrogen and oxygen atoms in total. The predicted octanol–water partition coefficient (Wildman–Crippen LogP) is 2.61. The van der Waals surface area contributed by atoms with E-state index < -0.39 is 11.9 Å². The van der Waals surface area contributed by atoms with Crippen molar-refractivity contribution in [3.05, 3.63) is 55.8 Å². The summed E-state index contributed by atoms with van der Waals surface area (Å²) in [6, 6.07) is 4.65. The number of rotatable bonds is 4. The Kier molecular flexibility index (Phi) is 4.87. The molecule has 0 radical (unpaired) electrons. The van der Waals surface area contributed by atoms with Crippen LogP contribution in [0.25, 0.3) is 11.3 Å². The van der Waals surface area contributed by atoms with Crippen molar-refractivity contribution < 1.29 is 19.4 Å². The van der Waals surface area contributed by atoms with Gasteiger partial charge in [-0.05, 0) is 49.1 Å². The third kappa shape index (κ3) is 3.01. The molecule has 2 aromatic rings. The van der Waals surface area contributed by atoms with Crippen LogP contribution >= 0.6 is 11.6 Å². The molecule has 0 saturated heterocycles. The molecule has 0 spiro atoms. The Morgan fingerprint density at radius 1 is 1.31 bits per heavy atom. The Balaban J connectivity index is 2.30. The van der Waals surface area contributed by atoms with E-state index in [1.54, 1.807) is 24.6 Å². The molecule has 1 aromatic carbocycles. The molecule has 0 atom stereocenters. The van der Waals surface area contributed by atoms with Gasteiger partial charge in [0.15, 0.2) is 5.43 Å². The minimum Gasteiger partial charge on any atom is -0.478 e. The molecule has 0 amide bonds. The second-order valence-electron chi connectivity index (χ2n) is 6.12. The SMILES string of the molecule is CCOC(=O)Cc1c(C(=O)O)c2c(n1C)-c1c(cc(Cl)ccc1=O)CC2. The molecule has 1 aromatic heterocycles. The van der Waals surface area contributed by atoms with E-state index in [0.29, 0.717) is 40.4 Å². The first kappa shape index (κ1) is 18.2. The summed E-state index contributed by atoms with van der Waals surface area (Å²) >= 11 is 6.09. The summed E-state index contributed by atoms with van der Waals surface area (Å²) in [4.78, 5) is 36.5. The van der Waals surface area contributed by atoms with Crippen LogP contribution in [0.3, 0.4) is 0 Å². The van der Waals surface area contributed by atoms with E-state index in [-0.39, 0.29) is 24.0 Å². The number of hydrogen-bond donors (Lipinski definition) is 1. The summed E-state index contributed by atoms with van der Waals surface area (Å²) in [5.41, 5.74) is 2.53. The summed E-state index contributed by atoms with van der Waals surface area (Å²) in [5, 5.41) is 10.2. The van der Waals surface area contributed by atoms with E-state index in [4.69, 9.17) is 16.3 Å². The van der Waals surface area contributed by atoms with Gasteiger partial charge in [-0.2, -0.15) is 0 Å². The number of halogens is 1. The number of nitrogens with zero attached hydrogens (tertiary/aromatic N) is 1. The molecule has 3 rings (SSSR count). The van der Waals surface area contributed by atoms with Crippen molar-refractivity contribution in [3.63, 3.8) is 0 Å². The highest BCUT2D eigenvalue weighted by molar-refractivity contribution is 6.30. The van der Waals surface area contributed by atoms with E-state index >= 15 is 0 Å². The molecule has 7 heteroatoms. The maximum Gasteiger partial charge on any atom is 0.337 e. The molecular formula is C19H18ClNO5. The van der Waals surface area contributed by atoms with Gasteiger partial charge in [0.25, 0.3) is 0 Å². The van der Waals surface area contributed by atoms with Crippen LogP contribution in [-0.2, 0) is 35.8 Å². The zero-order valence-electron chi connectivity index (χ0n) is 14.5. The number of carboxylic acids is 1. The Morgan fingerprint density at radius 2 is 2.04 bits per heavy atom. The van der Waals surface area contributed by atoms with Gasteiger partial charge < -0.3 is 14.4 Å². The van der Waals surface area contributed by atoms with Crippen LogP contribution in [0.15, 0.2) is 23.0 Å². The zero-order chi connectivity index (χ0) is 19.0. The lowest BCUT2D eigenvalue weighted by Crippen LogP contribution is -2.14. The zero-order valence-corrected chi connectivity index (χ0v) is 15.2. The molecule has 1 heterocycles. The smallest absolute Gasteiger partial charge is 0.337 e. The molecule has 1 N–H and O–H groups in total. The number of carboxylic acid groups (broad SMARTS) is 1. The topological polar surface area (TPSA) is 85.6 Å². The van der Waals surface area contributed by atoms with Gasteiger partial charge in [0, 0.05) is 23.3 Å². The number of carbonyl (C=O) groups excluding carboxylic acids is 1. The summed E-state index contributed by atoms with van der Waals surface area (Å²) in [6.07, 6.45) is 0.803. The fraction of sp³-hybridized carbons (Fsp3) is 0.316. The van der Waals surface area contributed by atoms with Crippen molar-refractivity contribution in [3.8, 4) is 11.3 Å². The molecule has 0 unspecified atom stereocenters. The Hall–Kier alpha value is -2.60.